The van der Waals surface area contributed by atoms with Gasteiger partial charge in [0.15, 0.2) is 6.61 Å². The van der Waals surface area contributed by atoms with Crippen molar-refractivity contribution < 1.29 is 14.3 Å². The number of nitrogens with one attached hydrogen (secondary N) is 1. The fraction of sp³-hybridized carbons (Fsp3) is 0.333. The number of carbonyl (C=O) groups excluding carboxylic acids is 2. The van der Waals surface area contributed by atoms with E-state index in [-0.39, 0.29) is 17.9 Å². The zero-order chi connectivity index (χ0) is 17.0. The average molecular weight is 334 g/mol. The molecule has 122 valence electrons. The number of nitrogens with two attached hydrogens (primary N) is 1. The van der Waals surface area contributed by atoms with Gasteiger partial charge in [-0.15, -0.1) is 10.2 Å². The van der Waals surface area contributed by atoms with E-state index >= 15 is 0 Å². The highest BCUT2D eigenvalue weighted by Gasteiger charge is 2.20. The molecule has 2 rings (SSSR count). The first kappa shape index (κ1) is 16.9. The summed E-state index contributed by atoms with van der Waals surface area (Å²) in [5, 5.41) is 11.9. The zero-order valence-corrected chi connectivity index (χ0v) is 13.9. The van der Waals surface area contributed by atoms with Gasteiger partial charge in [0.1, 0.15) is 10.8 Å². The van der Waals surface area contributed by atoms with Crippen molar-refractivity contribution in [2.45, 2.75) is 26.2 Å². The van der Waals surface area contributed by atoms with E-state index in [4.69, 9.17) is 10.5 Å². The summed E-state index contributed by atoms with van der Waals surface area (Å²) in [5.41, 5.74) is 5.42. The number of ether oxygens (including phenoxy) is 1. The van der Waals surface area contributed by atoms with E-state index in [0.29, 0.717) is 16.4 Å². The molecule has 2 aromatic rings. The summed E-state index contributed by atoms with van der Waals surface area (Å²) in [6.45, 7) is 5.91. The number of aromatic nitrogens is 2. The smallest absolute Gasteiger partial charge is 0.264 e. The molecule has 3 N–H and O–H groups in total. The molecule has 8 heteroatoms. The van der Waals surface area contributed by atoms with E-state index in [1.165, 1.54) is 23.5 Å². The first-order valence-electron chi connectivity index (χ1n) is 6.92. The van der Waals surface area contributed by atoms with E-state index in [1.807, 2.05) is 20.8 Å². The fourth-order valence-electron chi connectivity index (χ4n) is 1.60. The van der Waals surface area contributed by atoms with Crippen LogP contribution in [0.1, 0.15) is 36.1 Å². The number of rotatable bonds is 5. The lowest BCUT2D eigenvalue weighted by atomic mass is 9.98. The second-order valence-electron chi connectivity index (χ2n) is 5.89. The van der Waals surface area contributed by atoms with Crippen LogP contribution in [0.4, 0.5) is 5.13 Å². The Bertz CT molecular complexity index is 704. The molecule has 0 saturated carbocycles. The predicted molar refractivity (Wildman–Crippen MR) is 87.7 cm³/mol. The molecular weight excluding hydrogens is 316 g/mol. The molecule has 0 unspecified atom stereocenters. The summed E-state index contributed by atoms with van der Waals surface area (Å²) >= 11 is 1.33. The standard InChI is InChI=1S/C15H18N4O3S/c1-15(2,3)13-18-19-14(23-13)17-11(20)8-22-10-6-4-9(5-7-10)12(16)21/h4-7H,8H2,1-3H3,(H2,16,21)(H,17,19,20). The van der Waals surface area contributed by atoms with Gasteiger partial charge in [-0.05, 0) is 24.3 Å². The minimum Gasteiger partial charge on any atom is -0.484 e. The van der Waals surface area contributed by atoms with Crippen LogP contribution in [0, 0.1) is 0 Å². The van der Waals surface area contributed by atoms with Crippen LogP contribution < -0.4 is 15.8 Å². The Kier molecular flexibility index (Phi) is 4.95. The van der Waals surface area contributed by atoms with Crippen molar-refractivity contribution >= 4 is 28.3 Å². The number of benzene rings is 1. The summed E-state index contributed by atoms with van der Waals surface area (Å²) in [5.74, 6) is -0.376. The van der Waals surface area contributed by atoms with Gasteiger partial charge in [0.25, 0.3) is 5.91 Å². The third-order valence-corrected chi connectivity index (χ3v) is 4.09. The Labute approximate surface area is 137 Å². The van der Waals surface area contributed by atoms with Crippen LogP contribution in [0.5, 0.6) is 5.75 Å². The molecule has 1 aromatic heterocycles. The highest BCUT2D eigenvalue weighted by molar-refractivity contribution is 7.15. The topological polar surface area (TPSA) is 107 Å². The second kappa shape index (κ2) is 6.74. The number of primary amides is 1. The van der Waals surface area contributed by atoms with Gasteiger partial charge in [-0.1, -0.05) is 32.1 Å². The molecule has 0 aliphatic carbocycles. The van der Waals surface area contributed by atoms with Crippen molar-refractivity contribution in [3.8, 4) is 5.75 Å². The molecule has 0 aliphatic rings. The summed E-state index contributed by atoms with van der Waals surface area (Å²) < 4.78 is 5.34. The van der Waals surface area contributed by atoms with Gasteiger partial charge in [-0.25, -0.2) is 0 Å². The summed E-state index contributed by atoms with van der Waals surface area (Å²) in [6, 6.07) is 6.23. The van der Waals surface area contributed by atoms with Gasteiger partial charge in [-0.2, -0.15) is 0 Å². The molecule has 0 atom stereocenters. The van der Waals surface area contributed by atoms with Crippen LogP contribution in [-0.4, -0.2) is 28.6 Å². The predicted octanol–water partition coefficient (Wildman–Crippen LogP) is 1.95. The maximum Gasteiger partial charge on any atom is 0.264 e. The molecule has 1 aromatic carbocycles. The van der Waals surface area contributed by atoms with Crippen molar-refractivity contribution in [2.75, 3.05) is 11.9 Å². The van der Waals surface area contributed by atoms with Gasteiger partial charge >= 0.3 is 0 Å². The molecule has 0 aliphatic heterocycles. The summed E-state index contributed by atoms with van der Waals surface area (Å²) in [7, 11) is 0. The largest absolute Gasteiger partial charge is 0.484 e. The van der Waals surface area contributed by atoms with Crippen LogP contribution in [0.3, 0.4) is 0 Å². The van der Waals surface area contributed by atoms with Crippen LogP contribution in [0.25, 0.3) is 0 Å². The van der Waals surface area contributed by atoms with Gasteiger partial charge in [-0.3, -0.25) is 14.9 Å². The molecule has 7 nitrogen and oxygen atoms in total. The van der Waals surface area contributed by atoms with Crippen molar-refractivity contribution in [1.82, 2.24) is 10.2 Å². The lowest BCUT2D eigenvalue weighted by Gasteiger charge is -2.12. The van der Waals surface area contributed by atoms with E-state index in [1.54, 1.807) is 12.1 Å². The van der Waals surface area contributed by atoms with Crippen LogP contribution in [0.2, 0.25) is 0 Å². The number of hydrogen-bond acceptors (Lipinski definition) is 6. The number of nitrogens with zero attached hydrogens (tertiary/aromatic N) is 2. The highest BCUT2D eigenvalue weighted by Crippen LogP contribution is 2.27. The first-order chi connectivity index (χ1) is 10.8. The van der Waals surface area contributed by atoms with Gasteiger partial charge in [0, 0.05) is 11.0 Å². The Morgan fingerprint density at radius 2 is 1.87 bits per heavy atom. The van der Waals surface area contributed by atoms with Gasteiger partial charge < -0.3 is 10.5 Å². The van der Waals surface area contributed by atoms with Crippen molar-refractivity contribution in [3.63, 3.8) is 0 Å². The fourth-order valence-corrected chi connectivity index (χ4v) is 2.41. The molecule has 0 spiro atoms. The van der Waals surface area contributed by atoms with E-state index in [0.717, 1.165) is 5.01 Å². The average Bonchev–Trinajstić information content (AvgIpc) is 2.94. The third kappa shape index (κ3) is 4.75. The third-order valence-electron chi connectivity index (χ3n) is 2.82. The molecular formula is C15H18N4O3S. The molecule has 0 fully saturated rings. The van der Waals surface area contributed by atoms with E-state index < -0.39 is 5.91 Å². The molecule has 2 amide bonds. The first-order valence-corrected chi connectivity index (χ1v) is 7.74. The minimum atomic E-state index is -0.514. The normalized spacial score (nSPS) is 11.1. The molecule has 0 bridgehead atoms. The Hall–Kier alpha value is -2.48. The molecule has 0 radical (unpaired) electrons. The van der Waals surface area contributed by atoms with Crippen LogP contribution in [-0.2, 0) is 10.2 Å². The van der Waals surface area contributed by atoms with Gasteiger partial charge in [0.2, 0.25) is 11.0 Å². The highest BCUT2D eigenvalue weighted by atomic mass is 32.1. The number of carbonyl (C=O) groups is 2. The molecule has 23 heavy (non-hydrogen) atoms. The Morgan fingerprint density at radius 1 is 1.22 bits per heavy atom. The SMILES string of the molecule is CC(C)(C)c1nnc(NC(=O)COc2ccc(C(N)=O)cc2)s1. The maximum atomic E-state index is 11.8. The maximum absolute atomic E-state index is 11.8. The van der Waals surface area contributed by atoms with Crippen LogP contribution in [0.15, 0.2) is 24.3 Å². The number of anilines is 1. The second-order valence-corrected chi connectivity index (χ2v) is 6.87. The summed E-state index contributed by atoms with van der Waals surface area (Å²) in [4.78, 5) is 22.8. The lowest BCUT2D eigenvalue weighted by molar-refractivity contribution is -0.118. The van der Waals surface area contributed by atoms with E-state index in [2.05, 4.69) is 15.5 Å². The van der Waals surface area contributed by atoms with Gasteiger partial charge in [0.05, 0.1) is 0 Å². The number of hydrogen-bond donors (Lipinski definition) is 2. The Balaban J connectivity index is 1.87. The lowest BCUT2D eigenvalue weighted by Crippen LogP contribution is -2.20. The molecule has 1 heterocycles. The van der Waals surface area contributed by atoms with Crippen molar-refractivity contribution in [2.24, 2.45) is 5.73 Å². The van der Waals surface area contributed by atoms with Crippen molar-refractivity contribution in [1.29, 1.82) is 0 Å². The number of amides is 2. The van der Waals surface area contributed by atoms with Crippen LogP contribution >= 0.6 is 11.3 Å². The minimum absolute atomic E-state index is 0.112. The van der Waals surface area contributed by atoms with Crippen molar-refractivity contribution in [3.05, 3.63) is 34.8 Å². The van der Waals surface area contributed by atoms with E-state index in [9.17, 15) is 9.59 Å². The monoisotopic (exact) mass is 334 g/mol. The molecule has 0 saturated heterocycles. The quantitative estimate of drug-likeness (QED) is 0.869. The Morgan fingerprint density at radius 3 is 2.39 bits per heavy atom. The summed E-state index contributed by atoms with van der Waals surface area (Å²) in [6.07, 6.45) is 0. The zero-order valence-electron chi connectivity index (χ0n) is 13.1.